The molecule has 26 heteroatoms. The van der Waals surface area contributed by atoms with Crippen LogP contribution in [0.5, 0.6) is 0 Å². The van der Waals surface area contributed by atoms with Crippen LogP contribution in [0, 0.1) is 4.64 Å². The molecule has 0 aliphatic carbocycles. The van der Waals surface area contributed by atoms with Gasteiger partial charge in [-0.3, -0.25) is 13.9 Å². The summed E-state index contributed by atoms with van der Waals surface area (Å²) in [7, 11) is -16.9. The zero-order valence-corrected chi connectivity index (χ0v) is 26.8. The fourth-order valence-corrected chi connectivity index (χ4v) is 8.66. The number of amides is 1. The summed E-state index contributed by atoms with van der Waals surface area (Å²) in [6.07, 6.45) is -4.76. The summed E-state index contributed by atoms with van der Waals surface area (Å²) in [5.41, 5.74) is 7.10. The zero-order valence-electron chi connectivity index (χ0n) is 20.9. The molecule has 236 valence electrons. The highest BCUT2D eigenvalue weighted by atomic mass is 79.9. The van der Waals surface area contributed by atoms with Gasteiger partial charge in [0.15, 0.2) is 16.8 Å². The fraction of sp³-hybridized carbons (Fsp3) is 0.412. The number of nitrogens with zero attached hydrogens (tertiary/aromatic N) is 3. The Bertz CT molecular complexity index is 1750. The van der Waals surface area contributed by atoms with Gasteiger partial charge in [0.25, 0.3) is 5.91 Å². The Morgan fingerprint density at radius 1 is 1.19 bits per heavy atom. The van der Waals surface area contributed by atoms with Crippen LogP contribution < -0.4 is 11.1 Å². The van der Waals surface area contributed by atoms with Crippen LogP contribution in [0.25, 0.3) is 11.2 Å². The SMILES string of the molecule is Nc1nc(=S)c2ncn([C@@H]3O[C@H](COP(=O)(O)OP(=O)(O)OP(=O)(O)O)[C@H]4OC(C(=O)NCc5ccsc5Br)O[C@H]43)c2[nH]1. The third-order valence-electron chi connectivity index (χ3n) is 5.76. The number of anilines is 1. The van der Waals surface area contributed by atoms with Crippen molar-refractivity contribution < 1.29 is 65.4 Å². The lowest BCUT2D eigenvalue weighted by atomic mass is 10.1. The van der Waals surface area contributed by atoms with Crippen molar-refractivity contribution in [2.24, 2.45) is 0 Å². The summed E-state index contributed by atoms with van der Waals surface area (Å²) in [5.74, 6) is -0.695. The number of nitrogens with one attached hydrogen (secondary N) is 2. The molecule has 7 atom stereocenters. The molecule has 0 saturated carbocycles. The summed E-state index contributed by atoms with van der Waals surface area (Å²) in [4.78, 5) is 60.6. The zero-order chi connectivity index (χ0) is 31.3. The molecule has 0 bridgehead atoms. The summed E-state index contributed by atoms with van der Waals surface area (Å²) >= 11 is 10.00. The number of H-pyrrole nitrogens is 1. The third kappa shape index (κ3) is 7.67. The molecular formula is C17H20BrN6O14P3S2. The van der Waals surface area contributed by atoms with E-state index in [1.165, 1.54) is 22.2 Å². The molecule has 2 aliphatic rings. The first-order chi connectivity index (χ1) is 20.0. The third-order valence-corrected chi connectivity index (χ3v) is 11.7. The molecule has 0 aromatic carbocycles. The average Bonchev–Trinajstić information content (AvgIpc) is 3.63. The average molecular weight is 769 g/mol. The summed E-state index contributed by atoms with van der Waals surface area (Å²) in [5, 5.41) is 4.50. The van der Waals surface area contributed by atoms with E-state index >= 15 is 0 Å². The Labute approximate surface area is 257 Å². The van der Waals surface area contributed by atoms with E-state index in [4.69, 9.17) is 46.5 Å². The predicted molar refractivity (Wildman–Crippen MR) is 148 cm³/mol. The molecule has 5 rings (SSSR count). The Morgan fingerprint density at radius 3 is 2.58 bits per heavy atom. The smallest absolute Gasteiger partial charge is 0.369 e. The molecule has 3 aromatic heterocycles. The van der Waals surface area contributed by atoms with Gasteiger partial charge >= 0.3 is 23.5 Å². The number of phosphoric ester groups is 1. The fourth-order valence-electron chi connectivity index (χ4n) is 4.14. The van der Waals surface area contributed by atoms with Gasteiger partial charge in [0.1, 0.15) is 29.5 Å². The molecule has 2 aliphatic heterocycles. The minimum atomic E-state index is -5.76. The molecular weight excluding hydrogens is 749 g/mol. The minimum Gasteiger partial charge on any atom is -0.369 e. The van der Waals surface area contributed by atoms with Crippen molar-refractivity contribution in [1.29, 1.82) is 0 Å². The van der Waals surface area contributed by atoms with Crippen LogP contribution >= 0.6 is 63.0 Å². The molecule has 8 N–H and O–H groups in total. The number of imidazole rings is 1. The van der Waals surface area contributed by atoms with E-state index in [9.17, 15) is 28.3 Å². The number of halogens is 1. The second-order valence-electron chi connectivity index (χ2n) is 8.70. The number of carbonyl (C=O) groups excluding carboxylic acids is 1. The van der Waals surface area contributed by atoms with E-state index in [0.29, 0.717) is 0 Å². The molecule has 3 aromatic rings. The summed E-state index contributed by atoms with van der Waals surface area (Å²) < 4.78 is 67.0. The van der Waals surface area contributed by atoms with Gasteiger partial charge in [0.2, 0.25) is 6.29 Å². The molecule has 1 amide bonds. The van der Waals surface area contributed by atoms with Gasteiger partial charge in [-0.15, -0.1) is 11.3 Å². The van der Waals surface area contributed by atoms with Gasteiger partial charge in [-0.25, -0.2) is 23.7 Å². The Kier molecular flexibility index (Phi) is 9.46. The Balaban J connectivity index is 1.36. The maximum absolute atomic E-state index is 12.9. The predicted octanol–water partition coefficient (Wildman–Crippen LogP) is 1.56. The van der Waals surface area contributed by atoms with Gasteiger partial charge in [-0.2, -0.15) is 8.62 Å². The Hall–Kier alpha value is -1.49. The second kappa shape index (κ2) is 12.4. The first-order valence-corrected chi connectivity index (χ1v) is 18.1. The first-order valence-electron chi connectivity index (χ1n) is 11.5. The van der Waals surface area contributed by atoms with Gasteiger partial charge in [0.05, 0.1) is 16.7 Å². The number of phosphoric acid groups is 3. The molecule has 20 nitrogen and oxygen atoms in total. The number of thiophene rings is 1. The van der Waals surface area contributed by atoms with Crippen LogP contribution in [0.3, 0.4) is 0 Å². The summed E-state index contributed by atoms with van der Waals surface area (Å²) in [6.45, 7) is -0.723. The van der Waals surface area contributed by atoms with Crippen molar-refractivity contribution in [3.63, 3.8) is 0 Å². The van der Waals surface area contributed by atoms with E-state index in [-0.39, 0.29) is 28.3 Å². The standard InChI is InChI=1S/C17H20BrN6O14P3S2/c18-11-6(1-2-43-11)3-20-13(25)16-35-9-7(4-33-40(29,30)38-41(31,32)37-39(26,27)28)34-15(10(9)36-16)24-5-21-8-12(24)22-17(19)23-14(8)42/h1-2,5,7,9-10,15-16H,3-4H2,(H,20,25)(H,29,30)(H,31,32)(H2,26,27,28)(H3,19,22,23,42)/t7-,9-,10-,15-,16?/m1/s1. The summed E-state index contributed by atoms with van der Waals surface area (Å²) in [6, 6.07) is 1.80. The largest absolute Gasteiger partial charge is 0.490 e. The van der Waals surface area contributed by atoms with Crippen molar-refractivity contribution in [3.05, 3.63) is 31.8 Å². The van der Waals surface area contributed by atoms with E-state index in [1.54, 1.807) is 6.07 Å². The van der Waals surface area contributed by atoms with E-state index in [0.717, 1.165) is 9.35 Å². The molecule has 0 radical (unpaired) electrons. The maximum atomic E-state index is 12.9. The van der Waals surface area contributed by atoms with E-state index < -0.39 is 66.8 Å². The number of aromatic nitrogens is 4. The lowest BCUT2D eigenvalue weighted by molar-refractivity contribution is -0.171. The van der Waals surface area contributed by atoms with Gasteiger partial charge in [-0.05, 0) is 32.9 Å². The van der Waals surface area contributed by atoms with Crippen LogP contribution in [0.1, 0.15) is 11.8 Å². The number of aromatic amines is 1. The number of nitrogens with two attached hydrogens (primary N) is 1. The van der Waals surface area contributed by atoms with Crippen molar-refractivity contribution in [2.45, 2.75) is 37.4 Å². The molecule has 43 heavy (non-hydrogen) atoms. The number of rotatable bonds is 11. The van der Waals surface area contributed by atoms with Crippen LogP contribution in [0.4, 0.5) is 5.95 Å². The number of hydrogen-bond donors (Lipinski definition) is 7. The lowest BCUT2D eigenvalue weighted by Gasteiger charge is -2.22. The van der Waals surface area contributed by atoms with Crippen LogP contribution in [0.2, 0.25) is 0 Å². The lowest BCUT2D eigenvalue weighted by Crippen LogP contribution is -2.37. The van der Waals surface area contributed by atoms with Gasteiger partial charge < -0.3 is 49.8 Å². The Morgan fingerprint density at radius 2 is 1.91 bits per heavy atom. The van der Waals surface area contributed by atoms with Gasteiger partial charge in [-0.1, -0.05) is 12.2 Å². The monoisotopic (exact) mass is 768 g/mol. The topological polar surface area (TPSA) is 289 Å². The van der Waals surface area contributed by atoms with Crippen molar-refractivity contribution in [1.82, 2.24) is 24.8 Å². The van der Waals surface area contributed by atoms with Crippen molar-refractivity contribution in [2.75, 3.05) is 12.3 Å². The normalized spacial score (nSPS) is 26.7. The van der Waals surface area contributed by atoms with Crippen LogP contribution in [0.15, 0.2) is 21.6 Å². The highest BCUT2D eigenvalue weighted by Gasteiger charge is 2.56. The molecule has 0 spiro atoms. The quantitative estimate of drug-likeness (QED) is 0.108. The first kappa shape index (κ1) is 32.9. The number of ether oxygens (including phenoxy) is 3. The molecule has 5 heterocycles. The number of nitrogen functional groups attached to an aromatic ring is 1. The van der Waals surface area contributed by atoms with Crippen molar-refractivity contribution in [3.8, 4) is 0 Å². The van der Waals surface area contributed by atoms with Crippen LogP contribution in [-0.4, -0.2) is 76.2 Å². The molecule has 3 unspecified atom stereocenters. The number of hydrogen-bond acceptors (Lipinski definition) is 15. The maximum Gasteiger partial charge on any atom is 0.490 e. The highest BCUT2D eigenvalue weighted by molar-refractivity contribution is 9.11. The van der Waals surface area contributed by atoms with E-state index in [2.05, 4.69) is 44.8 Å². The minimum absolute atomic E-state index is 0.0431. The van der Waals surface area contributed by atoms with Gasteiger partial charge in [0, 0.05) is 6.54 Å². The second-order valence-corrected chi connectivity index (χ2v) is 15.7. The number of carbonyl (C=O) groups is 1. The molecule has 2 fully saturated rings. The molecule has 2 saturated heterocycles. The van der Waals surface area contributed by atoms with Crippen LogP contribution in [-0.2, 0) is 52.4 Å². The number of fused-ring (bicyclic) bond motifs is 2. The highest BCUT2D eigenvalue weighted by Crippen LogP contribution is 2.66. The van der Waals surface area contributed by atoms with Crippen molar-refractivity contribution >= 4 is 86.0 Å². The van der Waals surface area contributed by atoms with E-state index in [1.807, 2.05) is 5.38 Å².